The van der Waals surface area contributed by atoms with Crippen molar-refractivity contribution in [2.24, 2.45) is 11.8 Å². The Morgan fingerprint density at radius 1 is 1.03 bits per heavy atom. The minimum Gasteiger partial charge on any atom is -0.371 e. The van der Waals surface area contributed by atoms with Crippen LogP contribution in [0.4, 0.5) is 14.9 Å². The minimum absolute atomic E-state index is 0.00148. The summed E-state index contributed by atoms with van der Waals surface area (Å²) >= 11 is 0. The molecule has 0 bridgehead atoms. The van der Waals surface area contributed by atoms with Gasteiger partial charge in [0, 0.05) is 50.9 Å². The normalized spacial score (nSPS) is 19.2. The van der Waals surface area contributed by atoms with Crippen molar-refractivity contribution in [3.63, 3.8) is 0 Å². The van der Waals surface area contributed by atoms with Gasteiger partial charge in [0.05, 0.1) is 0 Å². The molecule has 33 heavy (non-hydrogen) atoms. The van der Waals surface area contributed by atoms with Crippen molar-refractivity contribution in [3.8, 4) is 0 Å². The Morgan fingerprint density at radius 3 is 2.39 bits per heavy atom. The first-order valence-electron chi connectivity index (χ1n) is 12.5. The largest absolute Gasteiger partial charge is 0.371 e. The summed E-state index contributed by atoms with van der Waals surface area (Å²) in [5.41, 5.74) is 1.03. The zero-order valence-electron chi connectivity index (χ0n) is 20.2. The molecule has 1 unspecified atom stereocenters. The Morgan fingerprint density at radius 2 is 1.73 bits per heavy atom. The molecule has 2 fully saturated rings. The van der Waals surface area contributed by atoms with E-state index in [4.69, 9.17) is 0 Å². The van der Waals surface area contributed by atoms with E-state index in [0.29, 0.717) is 32.1 Å². The lowest BCUT2D eigenvalue weighted by Gasteiger charge is -2.31. The van der Waals surface area contributed by atoms with Crippen LogP contribution in [0, 0.1) is 17.7 Å². The van der Waals surface area contributed by atoms with Crippen molar-refractivity contribution in [1.29, 1.82) is 0 Å². The van der Waals surface area contributed by atoms with Gasteiger partial charge in [-0.2, -0.15) is 0 Å². The van der Waals surface area contributed by atoms with Crippen LogP contribution in [-0.2, 0) is 4.79 Å². The number of rotatable bonds is 10. The maximum absolute atomic E-state index is 13.1. The molecule has 1 atom stereocenters. The number of benzene rings is 1. The smallest absolute Gasteiger partial charge is 0.317 e. The molecule has 0 aliphatic carbocycles. The zero-order chi connectivity index (χ0) is 23.6. The van der Waals surface area contributed by atoms with Gasteiger partial charge in [-0.1, -0.05) is 13.8 Å². The summed E-state index contributed by atoms with van der Waals surface area (Å²) in [7, 11) is 0. The molecule has 0 radical (unpaired) electrons. The van der Waals surface area contributed by atoms with Gasteiger partial charge in [-0.25, -0.2) is 9.18 Å². The summed E-state index contributed by atoms with van der Waals surface area (Å²) in [6.45, 7) is 11.8. The molecule has 2 aliphatic rings. The van der Waals surface area contributed by atoms with Gasteiger partial charge in [0.2, 0.25) is 5.91 Å². The molecule has 0 aromatic heterocycles. The third-order valence-corrected chi connectivity index (χ3v) is 7.02. The number of nitrogens with zero attached hydrogens (tertiary/aromatic N) is 3. The number of piperidine rings is 1. The van der Waals surface area contributed by atoms with E-state index >= 15 is 0 Å². The number of anilines is 1. The quantitative estimate of drug-likeness (QED) is 0.526. The van der Waals surface area contributed by atoms with Crippen LogP contribution < -0.4 is 15.5 Å². The van der Waals surface area contributed by atoms with Crippen LogP contribution >= 0.6 is 0 Å². The highest BCUT2D eigenvalue weighted by molar-refractivity contribution is 5.79. The second kappa shape index (κ2) is 12.8. The summed E-state index contributed by atoms with van der Waals surface area (Å²) < 4.78 is 13.1. The molecule has 7 nitrogen and oxygen atoms in total. The molecule has 3 amide bonds. The first kappa shape index (κ1) is 25.3. The van der Waals surface area contributed by atoms with E-state index in [1.807, 2.05) is 17.0 Å². The predicted octanol–water partition coefficient (Wildman–Crippen LogP) is 2.92. The van der Waals surface area contributed by atoms with E-state index in [1.54, 1.807) is 0 Å². The highest BCUT2D eigenvalue weighted by Gasteiger charge is 2.28. The van der Waals surface area contributed by atoms with Crippen molar-refractivity contribution in [2.75, 3.05) is 63.8 Å². The second-order valence-electron chi connectivity index (χ2n) is 9.20. The average molecular weight is 462 g/mol. The molecule has 2 saturated heterocycles. The van der Waals surface area contributed by atoms with Crippen LogP contribution in [0.1, 0.15) is 39.5 Å². The standard InChI is InChI=1S/C25H40FN5O2/c1-3-29(4-2)14-5-13-27-24(32)21-11-16-30(17-12-21)25(33)28-18-20-10-15-31(19-20)23-8-6-22(26)7-9-23/h6-9,20-21H,3-5,10-19H2,1-2H3,(H,27,32)(H,28,33). The van der Waals surface area contributed by atoms with Crippen molar-refractivity contribution < 1.29 is 14.0 Å². The molecule has 1 aromatic rings. The predicted molar refractivity (Wildman–Crippen MR) is 130 cm³/mol. The molecule has 2 heterocycles. The van der Waals surface area contributed by atoms with Crippen molar-refractivity contribution in [2.45, 2.75) is 39.5 Å². The lowest BCUT2D eigenvalue weighted by molar-refractivity contribution is -0.126. The number of hydrogen-bond donors (Lipinski definition) is 2. The summed E-state index contributed by atoms with van der Waals surface area (Å²) in [4.78, 5) is 31.5. The molecule has 2 aliphatic heterocycles. The number of carbonyl (C=O) groups excluding carboxylic acids is 2. The molecular weight excluding hydrogens is 421 g/mol. The fourth-order valence-electron chi connectivity index (χ4n) is 4.77. The zero-order valence-corrected chi connectivity index (χ0v) is 20.2. The number of likely N-dealkylation sites (tertiary alicyclic amines) is 1. The van der Waals surface area contributed by atoms with Crippen molar-refractivity contribution >= 4 is 17.6 Å². The average Bonchev–Trinajstić information content (AvgIpc) is 3.32. The molecule has 2 N–H and O–H groups in total. The van der Waals surface area contributed by atoms with Crippen LogP contribution in [0.3, 0.4) is 0 Å². The van der Waals surface area contributed by atoms with E-state index in [0.717, 1.165) is 64.1 Å². The van der Waals surface area contributed by atoms with Gasteiger partial charge < -0.3 is 25.3 Å². The summed E-state index contributed by atoms with van der Waals surface area (Å²) in [5.74, 6) is 0.292. The maximum atomic E-state index is 13.1. The number of urea groups is 1. The van der Waals surface area contributed by atoms with E-state index in [-0.39, 0.29) is 23.7 Å². The summed E-state index contributed by atoms with van der Waals surface area (Å²) in [5, 5.41) is 6.15. The highest BCUT2D eigenvalue weighted by Crippen LogP contribution is 2.24. The monoisotopic (exact) mass is 461 g/mol. The van der Waals surface area contributed by atoms with Crippen LogP contribution in [0.2, 0.25) is 0 Å². The van der Waals surface area contributed by atoms with Gasteiger partial charge in [0.15, 0.2) is 0 Å². The number of amides is 3. The van der Waals surface area contributed by atoms with Gasteiger partial charge in [-0.3, -0.25) is 4.79 Å². The lowest BCUT2D eigenvalue weighted by atomic mass is 9.96. The lowest BCUT2D eigenvalue weighted by Crippen LogP contribution is -2.48. The first-order chi connectivity index (χ1) is 16.0. The molecule has 0 spiro atoms. The van der Waals surface area contributed by atoms with Gasteiger partial charge in [0.25, 0.3) is 0 Å². The Labute approximate surface area is 197 Å². The van der Waals surface area contributed by atoms with Crippen LogP contribution in [0.15, 0.2) is 24.3 Å². The summed E-state index contributed by atoms with van der Waals surface area (Å²) in [6, 6.07) is 6.55. The van der Waals surface area contributed by atoms with Gasteiger partial charge in [-0.05, 0) is 75.5 Å². The topological polar surface area (TPSA) is 67.9 Å². The van der Waals surface area contributed by atoms with E-state index in [9.17, 15) is 14.0 Å². The Hall–Kier alpha value is -2.35. The maximum Gasteiger partial charge on any atom is 0.317 e. The molecule has 1 aromatic carbocycles. The third-order valence-electron chi connectivity index (χ3n) is 7.02. The van der Waals surface area contributed by atoms with Crippen molar-refractivity contribution in [3.05, 3.63) is 30.1 Å². The van der Waals surface area contributed by atoms with E-state index in [1.165, 1.54) is 12.1 Å². The number of nitrogens with one attached hydrogen (secondary N) is 2. The molecule has 184 valence electrons. The first-order valence-corrected chi connectivity index (χ1v) is 12.5. The molecule has 0 saturated carbocycles. The van der Waals surface area contributed by atoms with Crippen molar-refractivity contribution in [1.82, 2.24) is 20.4 Å². The third kappa shape index (κ3) is 7.59. The Kier molecular flexibility index (Phi) is 9.78. The van der Waals surface area contributed by atoms with Gasteiger partial charge >= 0.3 is 6.03 Å². The SMILES string of the molecule is CCN(CC)CCCNC(=O)C1CCN(C(=O)NCC2CCN(c3ccc(F)cc3)C2)CC1. The van der Waals surface area contributed by atoms with Crippen LogP contribution in [0.5, 0.6) is 0 Å². The highest BCUT2D eigenvalue weighted by atomic mass is 19.1. The van der Waals surface area contributed by atoms with Gasteiger partial charge in [0.1, 0.15) is 5.82 Å². The van der Waals surface area contributed by atoms with E-state index < -0.39 is 0 Å². The minimum atomic E-state index is -0.224. The second-order valence-corrected chi connectivity index (χ2v) is 9.20. The van der Waals surface area contributed by atoms with Gasteiger partial charge in [-0.15, -0.1) is 0 Å². The van der Waals surface area contributed by atoms with Crippen LogP contribution in [-0.4, -0.2) is 80.6 Å². The number of halogens is 1. The fourth-order valence-corrected chi connectivity index (χ4v) is 4.77. The number of carbonyl (C=O) groups is 2. The summed E-state index contributed by atoms with van der Waals surface area (Å²) in [6.07, 6.45) is 3.41. The van der Waals surface area contributed by atoms with E-state index in [2.05, 4.69) is 34.3 Å². The molecule has 8 heteroatoms. The fraction of sp³-hybridized carbons (Fsp3) is 0.680. The Bertz CT molecular complexity index is 748. The van der Waals surface area contributed by atoms with Crippen LogP contribution in [0.25, 0.3) is 0 Å². The molecule has 3 rings (SSSR count). The molecular formula is C25H40FN5O2. The number of hydrogen-bond acceptors (Lipinski definition) is 4. The Balaban J connectivity index is 1.30.